The molecule has 250 valence electrons. The van der Waals surface area contributed by atoms with Crippen LogP contribution in [0.1, 0.15) is 98.8 Å². The number of ether oxygens (including phenoxy) is 1. The summed E-state index contributed by atoms with van der Waals surface area (Å²) in [6.07, 6.45) is 4.94. The van der Waals surface area contributed by atoms with Gasteiger partial charge in [-0.2, -0.15) is 0 Å². The van der Waals surface area contributed by atoms with E-state index in [1.807, 2.05) is 27.7 Å². The predicted molar refractivity (Wildman–Crippen MR) is 165 cm³/mol. The highest BCUT2D eigenvalue weighted by Crippen LogP contribution is 2.49. The number of nitrogens with one attached hydrogen (secondary N) is 3. The molecule has 13 nitrogen and oxygen atoms in total. The number of likely N-dealkylation sites (tertiary alicyclic amines) is 1. The molecule has 0 radical (unpaired) electrons. The molecule has 1 saturated heterocycles. The Morgan fingerprint density at radius 3 is 2.33 bits per heavy atom. The molecule has 0 aromatic rings. The van der Waals surface area contributed by atoms with Gasteiger partial charge in [-0.1, -0.05) is 45.0 Å². The van der Waals surface area contributed by atoms with Crippen molar-refractivity contribution in [2.24, 2.45) is 16.5 Å². The van der Waals surface area contributed by atoms with Crippen molar-refractivity contribution in [2.75, 3.05) is 6.54 Å². The number of hydrogen-bond donors (Lipinski definition) is 3. The Morgan fingerprint density at radius 1 is 1.13 bits per heavy atom. The SMILES string of the molecule is C=C(C)[C@@H]1C[C@]1(NC(=O)[C@@H]1C[C@]2(CC(CC)=NO2)CN1C(=O)[C@@H](NC(=O)OC1CCCC1)C(C)(C)C)C(=O)NS(=O)(=O)C1CC1. The van der Waals surface area contributed by atoms with E-state index in [0.717, 1.165) is 31.4 Å². The van der Waals surface area contributed by atoms with Gasteiger partial charge in [-0.3, -0.25) is 19.1 Å². The van der Waals surface area contributed by atoms with E-state index in [1.165, 1.54) is 4.90 Å². The third kappa shape index (κ3) is 6.85. The molecule has 1 spiro atoms. The van der Waals surface area contributed by atoms with E-state index in [9.17, 15) is 27.6 Å². The first kappa shape index (κ1) is 33.2. The second-order valence-electron chi connectivity index (χ2n) is 14.6. The van der Waals surface area contributed by atoms with Gasteiger partial charge in [0.25, 0.3) is 5.91 Å². The largest absolute Gasteiger partial charge is 0.446 e. The Kier molecular flexibility index (Phi) is 8.77. The number of hydrogen-bond acceptors (Lipinski definition) is 9. The zero-order valence-electron chi connectivity index (χ0n) is 26.9. The van der Waals surface area contributed by atoms with E-state index in [2.05, 4.69) is 27.1 Å². The monoisotopic (exact) mass is 649 g/mol. The maximum absolute atomic E-state index is 14.3. The van der Waals surface area contributed by atoms with Crippen molar-refractivity contribution >= 4 is 39.5 Å². The number of nitrogens with zero attached hydrogens (tertiary/aromatic N) is 2. The van der Waals surface area contributed by atoms with Gasteiger partial charge in [-0.25, -0.2) is 13.2 Å². The second kappa shape index (κ2) is 11.9. The highest BCUT2D eigenvalue weighted by Gasteiger charge is 2.64. The highest BCUT2D eigenvalue weighted by atomic mass is 32.2. The van der Waals surface area contributed by atoms with Gasteiger partial charge < -0.3 is 25.1 Å². The van der Waals surface area contributed by atoms with Crippen molar-refractivity contribution in [1.29, 1.82) is 0 Å². The lowest BCUT2D eigenvalue weighted by molar-refractivity contribution is -0.143. The number of carbonyl (C=O) groups excluding carboxylic acids is 4. The fourth-order valence-electron chi connectivity index (χ4n) is 6.81. The van der Waals surface area contributed by atoms with E-state index in [4.69, 9.17) is 9.57 Å². The van der Waals surface area contributed by atoms with Crippen LogP contribution in [0, 0.1) is 11.3 Å². The van der Waals surface area contributed by atoms with E-state index in [-0.39, 0.29) is 25.5 Å². The standard InChI is InChI=1S/C31H47N5O8S/c1-7-19-14-30(44-34-19)16-23(25(37)33-31(15-22(31)18(2)3)27(39)35-45(41,42)21-12-13-21)36(17-30)26(38)24(29(4,5)6)32-28(40)43-20-10-8-9-11-20/h20-24H,2,7-17H2,1,3-6H3,(H,32,40)(H,33,37)(H,35,39)/t22-,23-,24+,30+,31+/m0/s1. The molecular formula is C31H47N5O8S. The maximum atomic E-state index is 14.3. The Bertz CT molecular complexity index is 1400. The lowest BCUT2D eigenvalue weighted by Gasteiger charge is -2.35. The molecule has 4 fully saturated rings. The molecule has 45 heavy (non-hydrogen) atoms. The summed E-state index contributed by atoms with van der Waals surface area (Å²) in [6, 6.07) is -2.10. The summed E-state index contributed by atoms with van der Waals surface area (Å²) in [7, 11) is -3.87. The predicted octanol–water partition coefficient (Wildman–Crippen LogP) is 2.66. The zero-order valence-corrected chi connectivity index (χ0v) is 27.8. The van der Waals surface area contributed by atoms with Gasteiger partial charge >= 0.3 is 6.09 Å². The fourth-order valence-corrected chi connectivity index (χ4v) is 8.17. The van der Waals surface area contributed by atoms with Crippen molar-refractivity contribution in [3.05, 3.63) is 12.2 Å². The molecule has 3 N–H and O–H groups in total. The van der Waals surface area contributed by atoms with Gasteiger partial charge in [0.1, 0.15) is 23.7 Å². The van der Waals surface area contributed by atoms with Crippen LogP contribution >= 0.6 is 0 Å². The summed E-state index contributed by atoms with van der Waals surface area (Å²) in [4.78, 5) is 62.2. The Morgan fingerprint density at radius 2 is 1.80 bits per heavy atom. The highest BCUT2D eigenvalue weighted by molar-refractivity contribution is 7.91. The maximum Gasteiger partial charge on any atom is 0.408 e. The summed E-state index contributed by atoms with van der Waals surface area (Å²) >= 11 is 0. The van der Waals surface area contributed by atoms with E-state index in [0.29, 0.717) is 31.3 Å². The molecule has 2 heterocycles. The van der Waals surface area contributed by atoms with Crippen LogP contribution in [0.15, 0.2) is 17.3 Å². The lowest BCUT2D eigenvalue weighted by atomic mass is 9.85. The number of oxime groups is 1. The molecule has 5 atom stereocenters. The van der Waals surface area contributed by atoms with E-state index in [1.54, 1.807) is 6.92 Å². The van der Waals surface area contributed by atoms with Crippen LogP contribution in [0.2, 0.25) is 0 Å². The molecule has 2 aliphatic heterocycles. The molecule has 0 aromatic heterocycles. The van der Waals surface area contributed by atoms with Gasteiger partial charge in [0.05, 0.1) is 17.5 Å². The van der Waals surface area contributed by atoms with Crippen LogP contribution in [0.25, 0.3) is 0 Å². The van der Waals surface area contributed by atoms with E-state index < -0.39 is 73.6 Å². The van der Waals surface area contributed by atoms with Crippen LogP contribution in [-0.2, 0) is 34.0 Å². The van der Waals surface area contributed by atoms with Crippen molar-refractivity contribution in [3.63, 3.8) is 0 Å². The second-order valence-corrected chi connectivity index (χ2v) is 16.6. The third-order valence-corrected chi connectivity index (χ3v) is 11.6. The topological polar surface area (TPSA) is 173 Å². The first-order valence-electron chi connectivity index (χ1n) is 16.1. The number of alkyl carbamates (subject to hydrolysis) is 1. The quantitative estimate of drug-likeness (QED) is 0.303. The molecule has 0 bridgehead atoms. The first-order valence-corrected chi connectivity index (χ1v) is 17.6. The minimum atomic E-state index is -3.87. The molecule has 5 rings (SSSR count). The summed E-state index contributed by atoms with van der Waals surface area (Å²) < 4.78 is 33.1. The normalized spacial score (nSPS) is 30.3. The van der Waals surface area contributed by atoms with Gasteiger partial charge in [-0.15, -0.1) is 0 Å². The molecule has 0 aromatic carbocycles. The third-order valence-electron chi connectivity index (χ3n) is 9.74. The van der Waals surface area contributed by atoms with Crippen LogP contribution in [-0.4, -0.2) is 84.0 Å². The molecule has 5 aliphatic rings. The van der Waals surface area contributed by atoms with Crippen LogP contribution in [0.3, 0.4) is 0 Å². The summed E-state index contributed by atoms with van der Waals surface area (Å²) in [6.45, 7) is 13.1. The van der Waals surface area contributed by atoms with Gasteiger partial charge in [0.2, 0.25) is 21.8 Å². The van der Waals surface area contributed by atoms with Crippen molar-refractivity contribution < 1.29 is 37.2 Å². The molecule has 4 amide bonds. The van der Waals surface area contributed by atoms with Gasteiger partial charge in [0.15, 0.2) is 5.60 Å². The Hall–Kier alpha value is -3.16. The van der Waals surface area contributed by atoms with E-state index >= 15 is 0 Å². The molecule has 3 aliphatic carbocycles. The minimum absolute atomic E-state index is 0.0437. The summed E-state index contributed by atoms with van der Waals surface area (Å²) in [5.74, 6) is -2.38. The average Bonchev–Trinajstić information content (AvgIpc) is 3.80. The molecule has 14 heteroatoms. The smallest absolute Gasteiger partial charge is 0.408 e. The number of sulfonamides is 1. The lowest BCUT2D eigenvalue weighted by Crippen LogP contribution is -2.60. The fraction of sp³-hybridized carbons (Fsp3) is 0.774. The first-order chi connectivity index (χ1) is 21.0. The van der Waals surface area contributed by atoms with Gasteiger partial charge in [-0.05, 0) is 63.7 Å². The summed E-state index contributed by atoms with van der Waals surface area (Å²) in [5, 5.41) is 9.18. The Labute approximate surface area is 265 Å². The Balaban J connectivity index is 1.39. The number of rotatable bonds is 10. The van der Waals surface area contributed by atoms with Crippen LogP contribution in [0.4, 0.5) is 4.79 Å². The number of amides is 4. The van der Waals surface area contributed by atoms with Crippen molar-refractivity contribution in [3.8, 4) is 0 Å². The van der Waals surface area contributed by atoms with Gasteiger partial charge in [0, 0.05) is 18.8 Å². The molecule has 0 unspecified atom stereocenters. The van der Waals surface area contributed by atoms with Crippen LogP contribution < -0.4 is 15.4 Å². The average molecular weight is 650 g/mol. The van der Waals surface area contributed by atoms with Crippen molar-refractivity contribution in [1.82, 2.24) is 20.3 Å². The summed E-state index contributed by atoms with van der Waals surface area (Å²) in [5.41, 5.74) is -1.77. The molecule has 3 saturated carbocycles. The van der Waals surface area contributed by atoms with Crippen molar-refractivity contribution in [2.45, 2.75) is 133 Å². The zero-order chi connectivity index (χ0) is 32.9. The van der Waals surface area contributed by atoms with Crippen LogP contribution in [0.5, 0.6) is 0 Å². The molecular weight excluding hydrogens is 602 g/mol. The minimum Gasteiger partial charge on any atom is -0.446 e. The number of carbonyl (C=O) groups is 4.